The number of hydrogen-bond donors (Lipinski definition) is 0. The van der Waals surface area contributed by atoms with Crippen molar-refractivity contribution < 1.29 is 0 Å². The van der Waals surface area contributed by atoms with Crippen LogP contribution in [0, 0.1) is 18.3 Å². The highest BCUT2D eigenvalue weighted by Crippen LogP contribution is 2.47. The topological polar surface area (TPSA) is 0 Å². The molecule has 0 N–H and O–H groups in total. The first kappa shape index (κ1) is 14.3. The second-order valence-electron chi connectivity index (χ2n) is 6.50. The highest BCUT2D eigenvalue weighted by Gasteiger charge is 2.31. The van der Waals surface area contributed by atoms with E-state index in [0.29, 0.717) is 11.8 Å². The first-order valence-corrected chi connectivity index (χ1v) is 8.30. The lowest BCUT2D eigenvalue weighted by molar-refractivity contribution is 0.787. The minimum atomic E-state index is 0.313. The van der Waals surface area contributed by atoms with Crippen LogP contribution in [-0.4, -0.2) is 0 Å². The Hall–Kier alpha value is -2.34. The van der Waals surface area contributed by atoms with E-state index < -0.39 is 0 Å². The maximum Gasteiger partial charge on any atom is 0.0429 e. The van der Waals surface area contributed by atoms with Gasteiger partial charge in [-0.05, 0) is 33.4 Å². The first-order chi connectivity index (χ1) is 11.3. The second kappa shape index (κ2) is 5.70. The van der Waals surface area contributed by atoms with Crippen LogP contribution in [0.1, 0.15) is 19.4 Å². The van der Waals surface area contributed by atoms with Gasteiger partial charge >= 0.3 is 0 Å². The van der Waals surface area contributed by atoms with Crippen molar-refractivity contribution in [2.24, 2.45) is 11.8 Å². The van der Waals surface area contributed by atoms with Crippen LogP contribution in [0.25, 0.3) is 16.3 Å². The van der Waals surface area contributed by atoms with Gasteiger partial charge < -0.3 is 0 Å². The van der Waals surface area contributed by atoms with Crippen molar-refractivity contribution in [1.82, 2.24) is 0 Å². The molecule has 1 unspecified atom stereocenters. The SMILES string of the molecule is CC(C)C1=C(c2cccc3ccccc23)C2C=CC=CC=C2[C]1. The van der Waals surface area contributed by atoms with Gasteiger partial charge in [0, 0.05) is 12.3 Å². The van der Waals surface area contributed by atoms with Crippen LogP contribution in [0.3, 0.4) is 0 Å². The van der Waals surface area contributed by atoms with Gasteiger partial charge in [0.15, 0.2) is 0 Å². The lowest BCUT2D eigenvalue weighted by atomic mass is 9.86. The van der Waals surface area contributed by atoms with Crippen LogP contribution >= 0.6 is 0 Å². The minimum absolute atomic E-state index is 0.313. The summed E-state index contributed by atoms with van der Waals surface area (Å²) in [5.41, 5.74) is 5.39. The summed E-state index contributed by atoms with van der Waals surface area (Å²) in [6.45, 7) is 4.53. The van der Waals surface area contributed by atoms with E-state index in [1.807, 2.05) is 0 Å². The molecule has 112 valence electrons. The van der Waals surface area contributed by atoms with Gasteiger partial charge in [0.2, 0.25) is 0 Å². The summed E-state index contributed by atoms with van der Waals surface area (Å²) in [5.74, 6) is 0.780. The minimum Gasteiger partial charge on any atom is -0.0729 e. The van der Waals surface area contributed by atoms with Crippen LogP contribution < -0.4 is 0 Å². The van der Waals surface area contributed by atoms with Crippen molar-refractivity contribution in [2.75, 3.05) is 0 Å². The summed E-state index contributed by atoms with van der Waals surface area (Å²) >= 11 is 0. The largest absolute Gasteiger partial charge is 0.0729 e. The third kappa shape index (κ3) is 2.39. The lowest BCUT2D eigenvalue weighted by Crippen LogP contribution is -2.00. The number of hydrogen-bond acceptors (Lipinski definition) is 0. The monoisotopic (exact) mass is 296 g/mol. The van der Waals surface area contributed by atoms with E-state index in [2.05, 4.69) is 93.1 Å². The van der Waals surface area contributed by atoms with Gasteiger partial charge in [-0.3, -0.25) is 0 Å². The molecule has 0 aliphatic heterocycles. The van der Waals surface area contributed by atoms with Gasteiger partial charge in [-0.2, -0.15) is 0 Å². The predicted molar refractivity (Wildman–Crippen MR) is 98.8 cm³/mol. The van der Waals surface area contributed by atoms with Crippen molar-refractivity contribution in [3.63, 3.8) is 0 Å². The van der Waals surface area contributed by atoms with Crippen LogP contribution in [0.4, 0.5) is 0 Å². The van der Waals surface area contributed by atoms with E-state index in [4.69, 9.17) is 0 Å². The van der Waals surface area contributed by atoms with Crippen molar-refractivity contribution in [3.05, 3.63) is 96.0 Å². The van der Waals surface area contributed by atoms with E-state index in [-0.39, 0.29) is 0 Å². The first-order valence-electron chi connectivity index (χ1n) is 8.30. The Kier molecular flexibility index (Phi) is 3.53. The summed E-state index contributed by atoms with van der Waals surface area (Å²) in [6.07, 6.45) is 14.6. The Morgan fingerprint density at radius 2 is 1.74 bits per heavy atom. The second-order valence-corrected chi connectivity index (χ2v) is 6.50. The zero-order chi connectivity index (χ0) is 15.8. The van der Waals surface area contributed by atoms with Gasteiger partial charge in [0.05, 0.1) is 0 Å². The van der Waals surface area contributed by atoms with Gasteiger partial charge in [-0.1, -0.05) is 92.3 Å². The molecule has 2 aliphatic carbocycles. The van der Waals surface area contributed by atoms with E-state index >= 15 is 0 Å². The Morgan fingerprint density at radius 3 is 2.61 bits per heavy atom. The molecule has 0 heterocycles. The van der Waals surface area contributed by atoms with Gasteiger partial charge in [-0.25, -0.2) is 0 Å². The molecule has 0 heteroatoms. The van der Waals surface area contributed by atoms with E-state index in [9.17, 15) is 0 Å². The fourth-order valence-corrected chi connectivity index (χ4v) is 3.60. The number of rotatable bonds is 2. The summed E-state index contributed by atoms with van der Waals surface area (Å²) < 4.78 is 0. The Morgan fingerprint density at radius 1 is 0.913 bits per heavy atom. The fraction of sp³-hybridized carbons (Fsp3) is 0.174. The number of fused-ring (bicyclic) bond motifs is 2. The van der Waals surface area contributed by atoms with Crippen molar-refractivity contribution in [2.45, 2.75) is 13.8 Å². The molecule has 4 rings (SSSR count). The highest BCUT2D eigenvalue weighted by atomic mass is 14.3. The Bertz CT molecular complexity index is 867. The standard InChI is InChI=1S/C23H20/c1-16(2)22-15-18-10-4-3-5-13-20(18)23(22)21-14-8-11-17-9-6-7-12-19(17)21/h3-14,16,20H,1-2H3. The lowest BCUT2D eigenvalue weighted by Gasteiger charge is -2.17. The average Bonchev–Trinajstić information content (AvgIpc) is 2.77. The molecule has 0 saturated carbocycles. The van der Waals surface area contributed by atoms with Gasteiger partial charge in [0.1, 0.15) is 0 Å². The third-order valence-electron chi connectivity index (χ3n) is 4.67. The van der Waals surface area contributed by atoms with Crippen molar-refractivity contribution in [3.8, 4) is 0 Å². The molecule has 0 aromatic heterocycles. The molecule has 0 nitrogen and oxygen atoms in total. The van der Waals surface area contributed by atoms with Crippen LogP contribution in [0.5, 0.6) is 0 Å². The zero-order valence-corrected chi connectivity index (χ0v) is 13.6. The predicted octanol–water partition coefficient (Wildman–Crippen LogP) is 6.01. The average molecular weight is 296 g/mol. The Labute approximate surface area is 138 Å². The molecule has 0 saturated heterocycles. The molecular formula is C23H20. The summed E-state index contributed by atoms with van der Waals surface area (Å²) in [4.78, 5) is 0. The van der Waals surface area contributed by atoms with Gasteiger partial charge in [0.25, 0.3) is 0 Å². The maximum absolute atomic E-state index is 3.68. The van der Waals surface area contributed by atoms with Crippen LogP contribution in [0.2, 0.25) is 0 Å². The van der Waals surface area contributed by atoms with Crippen LogP contribution in [0.15, 0.2) is 84.0 Å². The molecule has 2 aromatic rings. The van der Waals surface area contributed by atoms with E-state index in [1.165, 1.54) is 33.1 Å². The molecule has 0 amide bonds. The quantitative estimate of drug-likeness (QED) is 0.636. The molecule has 2 radical (unpaired) electrons. The highest BCUT2D eigenvalue weighted by molar-refractivity contribution is 5.97. The molecule has 0 fully saturated rings. The van der Waals surface area contributed by atoms with Gasteiger partial charge in [-0.15, -0.1) is 0 Å². The third-order valence-corrected chi connectivity index (χ3v) is 4.67. The summed E-state index contributed by atoms with van der Waals surface area (Å²) in [7, 11) is 0. The van der Waals surface area contributed by atoms with Crippen LogP contribution in [-0.2, 0) is 0 Å². The Balaban J connectivity index is 1.98. The number of benzene rings is 2. The van der Waals surface area contributed by atoms with Crippen molar-refractivity contribution in [1.29, 1.82) is 0 Å². The maximum atomic E-state index is 3.68. The molecular weight excluding hydrogens is 276 g/mol. The molecule has 0 bridgehead atoms. The smallest absolute Gasteiger partial charge is 0.0429 e. The fourth-order valence-electron chi connectivity index (χ4n) is 3.60. The van der Waals surface area contributed by atoms with E-state index in [0.717, 1.165) is 0 Å². The van der Waals surface area contributed by atoms with Crippen molar-refractivity contribution >= 4 is 16.3 Å². The number of allylic oxidation sites excluding steroid dienone is 8. The molecule has 1 atom stereocenters. The zero-order valence-electron chi connectivity index (χ0n) is 13.6. The van der Waals surface area contributed by atoms with E-state index in [1.54, 1.807) is 0 Å². The molecule has 2 aromatic carbocycles. The summed E-state index contributed by atoms with van der Waals surface area (Å²) in [6, 6.07) is 15.3. The normalized spacial score (nSPS) is 20.1. The molecule has 0 spiro atoms. The molecule has 2 aliphatic rings. The summed E-state index contributed by atoms with van der Waals surface area (Å²) in [5, 5.41) is 2.63. The molecule has 23 heavy (non-hydrogen) atoms.